The average Bonchev–Trinajstić information content (AvgIpc) is 4.12. The van der Waals surface area contributed by atoms with E-state index in [1.807, 2.05) is 20.8 Å². The molecule has 2 aromatic carbocycles. The third-order valence-electron chi connectivity index (χ3n) is 10.6. The molecule has 0 bridgehead atoms. The maximum atomic E-state index is 15.7. The van der Waals surface area contributed by atoms with Crippen molar-refractivity contribution in [3.63, 3.8) is 0 Å². The van der Waals surface area contributed by atoms with Gasteiger partial charge in [0.05, 0.1) is 34.3 Å². The molecule has 72 heavy (non-hydrogen) atoms. The van der Waals surface area contributed by atoms with Crippen LogP contribution in [0.2, 0.25) is 0 Å². The lowest BCUT2D eigenvalue weighted by atomic mass is 9.98. The molecule has 6 aromatic rings. The van der Waals surface area contributed by atoms with Crippen LogP contribution in [0.1, 0.15) is 145 Å². The number of halogens is 2. The lowest BCUT2D eigenvalue weighted by Crippen LogP contribution is -2.28. The van der Waals surface area contributed by atoms with Gasteiger partial charge in [0.15, 0.2) is 11.6 Å². The first-order valence-electron chi connectivity index (χ1n) is 23.0. The van der Waals surface area contributed by atoms with Gasteiger partial charge in [-0.15, -0.1) is 0 Å². The Morgan fingerprint density at radius 3 is 1.31 bits per heavy atom. The fraction of sp³-hybridized carbons (Fsp3) is 0.500. The summed E-state index contributed by atoms with van der Waals surface area (Å²) in [5, 5.41) is 30.7. The first-order valence-corrected chi connectivity index (χ1v) is 23.0. The van der Waals surface area contributed by atoms with Crippen molar-refractivity contribution in [2.75, 3.05) is 36.9 Å². The highest BCUT2D eigenvalue weighted by Gasteiger charge is 2.31. The zero-order chi connectivity index (χ0) is 51.1. The number of carbonyl (C=O) groups is 3. The predicted octanol–water partition coefficient (Wildman–Crippen LogP) is 9.38. The van der Waals surface area contributed by atoms with Gasteiger partial charge in [-0.1, -0.05) is 14.9 Å². The van der Waals surface area contributed by atoms with Crippen LogP contribution in [0.15, 0.2) is 36.9 Å². The summed E-state index contributed by atoms with van der Waals surface area (Å²) >= 11 is 0. The molecule has 2 aliphatic rings. The number of anilines is 2. The minimum atomic E-state index is -1.20. The van der Waals surface area contributed by atoms with E-state index >= 15 is 8.78 Å². The molecule has 8 N–H and O–H groups in total. The van der Waals surface area contributed by atoms with Crippen LogP contribution in [0.3, 0.4) is 0 Å². The summed E-state index contributed by atoms with van der Waals surface area (Å²) in [7, 11) is 0. The normalized spacial score (nSPS) is 15.5. The molecule has 4 amide bonds. The van der Waals surface area contributed by atoms with Crippen LogP contribution in [0.25, 0.3) is 44.3 Å². The summed E-state index contributed by atoms with van der Waals surface area (Å²) in [5.41, 5.74) is 1.38. The number of rotatable bonds is 10. The molecule has 22 heteroatoms. The van der Waals surface area contributed by atoms with Crippen molar-refractivity contribution in [1.29, 1.82) is 0 Å². The third kappa shape index (κ3) is 14.4. The number of nitrogens with one attached hydrogen (secondary N) is 6. The number of aromatic nitrogens is 8. The van der Waals surface area contributed by atoms with Gasteiger partial charge in [-0.3, -0.25) is 15.4 Å². The highest BCUT2D eigenvalue weighted by Crippen LogP contribution is 2.41. The van der Waals surface area contributed by atoms with Gasteiger partial charge in [0.1, 0.15) is 28.4 Å². The number of H-pyrrole nitrogens is 2. The maximum absolute atomic E-state index is 15.7. The average molecular weight is 1010 g/mol. The van der Waals surface area contributed by atoms with Crippen molar-refractivity contribution in [2.45, 2.75) is 139 Å². The first-order chi connectivity index (χ1) is 33.0. The van der Waals surface area contributed by atoms with Crippen molar-refractivity contribution in [3.05, 3.63) is 71.3 Å². The zero-order valence-corrected chi connectivity index (χ0v) is 41.1. The van der Waals surface area contributed by atoms with Crippen LogP contribution < -0.4 is 21.3 Å². The van der Waals surface area contributed by atoms with Gasteiger partial charge in [-0.05, 0) is 100 Å². The Bertz CT molecular complexity index is 2610. The number of amides is 4. The van der Waals surface area contributed by atoms with E-state index in [1.165, 1.54) is 31.7 Å². The maximum Gasteiger partial charge on any atom is 0.321 e. The molecule has 2 saturated heterocycles. The van der Waals surface area contributed by atoms with E-state index in [-0.39, 0.29) is 61.1 Å². The van der Waals surface area contributed by atoms with E-state index in [1.54, 1.807) is 53.7 Å². The number of aliphatic hydroxyl groups is 2. The van der Waals surface area contributed by atoms with Crippen LogP contribution in [0, 0.1) is 11.6 Å². The Morgan fingerprint density at radius 2 is 1.04 bits per heavy atom. The van der Waals surface area contributed by atoms with Gasteiger partial charge in [0.25, 0.3) is 0 Å². The number of carbonyl (C=O) groups excluding carboxylic acids is 3. The van der Waals surface area contributed by atoms with E-state index in [0.717, 1.165) is 12.8 Å². The van der Waals surface area contributed by atoms with Crippen molar-refractivity contribution in [2.24, 2.45) is 0 Å². The third-order valence-corrected chi connectivity index (χ3v) is 10.6. The molecule has 0 unspecified atom stereocenters. The minimum Gasteiger partial charge on any atom is -0.460 e. The summed E-state index contributed by atoms with van der Waals surface area (Å²) in [5.74, 6) is -0.238. The Morgan fingerprint density at radius 1 is 0.681 bits per heavy atom. The summed E-state index contributed by atoms with van der Waals surface area (Å²) in [6, 6.07) is 2.41. The molecular weight excluding hydrogens is 935 g/mol. The molecule has 0 saturated carbocycles. The Balaban J connectivity index is 0.000000265. The second kappa shape index (κ2) is 24.1. The molecule has 0 spiro atoms. The van der Waals surface area contributed by atoms with Gasteiger partial charge in [-0.2, -0.15) is 0 Å². The Kier molecular flexibility index (Phi) is 19.4. The number of hydrogen-bond donors (Lipinski definition) is 8. The molecule has 20 nitrogen and oxygen atoms in total. The van der Waals surface area contributed by atoms with Gasteiger partial charge >= 0.3 is 18.0 Å². The summed E-state index contributed by atoms with van der Waals surface area (Å²) in [4.78, 5) is 65.6. The number of hydrogen-bond acceptors (Lipinski definition) is 14. The molecule has 0 radical (unpaired) electrons. The second-order valence-corrected chi connectivity index (χ2v) is 18.7. The number of nitrogens with zero attached hydrogens (tertiary/aromatic N) is 6. The van der Waals surface area contributed by atoms with E-state index in [9.17, 15) is 24.6 Å². The number of ether oxygens (including phenoxy) is 3. The lowest BCUT2D eigenvalue weighted by molar-refractivity contribution is -0.151. The van der Waals surface area contributed by atoms with Crippen LogP contribution in [-0.2, 0) is 30.2 Å². The fourth-order valence-electron chi connectivity index (χ4n) is 7.67. The Labute approximate surface area is 418 Å². The first kappa shape index (κ1) is 57.8. The quantitative estimate of drug-likeness (QED) is 0.0594. The standard InChI is InChI=1S/2C21H25FN6O3.C6H12O2.2CH4/c2*1-4-23-20(29)28-19-26-13-8-12(11-9-24-18(25-10-11)21(2,3)30)16(22)15(17(13)27-19)14-6-5-7-31-14;1-5(7)8-6(2,3)4;;/h2*8-10,14,30H,4-7H2,1-3H3,(H3,23,26,27,28,29);1-4H3;2*1H4/t2*14-;;;/m11.../s1. The van der Waals surface area contributed by atoms with E-state index in [0.29, 0.717) is 83.5 Å². The smallest absolute Gasteiger partial charge is 0.321 e. The topological polar surface area (TPSA) is 276 Å². The lowest BCUT2D eigenvalue weighted by Gasteiger charge is -2.17. The van der Waals surface area contributed by atoms with Crippen molar-refractivity contribution in [1.82, 2.24) is 50.5 Å². The minimum absolute atomic E-state index is 0. The number of imidazole rings is 2. The number of benzene rings is 2. The van der Waals surface area contributed by atoms with E-state index in [2.05, 4.69) is 61.1 Å². The SMILES string of the molecule is C.C.CC(=O)OC(C)(C)C.CCNC(=O)Nc1nc2c([C@H]3CCCO3)c(F)c(-c3cnc(C(C)(C)O)nc3)cc2[nH]1.CCNC(=O)Nc1nc2c([C@H]3CCCO3)c(F)c(-c3cnc(C(C)(C)O)nc3)cc2[nH]1. The number of urea groups is 2. The number of esters is 1. The molecule has 4 aromatic heterocycles. The predicted molar refractivity (Wildman–Crippen MR) is 271 cm³/mol. The summed E-state index contributed by atoms with van der Waals surface area (Å²) in [6.07, 6.45) is 8.07. The highest BCUT2D eigenvalue weighted by molar-refractivity contribution is 5.93. The molecule has 2 fully saturated rings. The largest absolute Gasteiger partial charge is 0.460 e. The van der Waals surface area contributed by atoms with Crippen molar-refractivity contribution < 1.29 is 47.6 Å². The van der Waals surface area contributed by atoms with Gasteiger partial charge < -0.3 is 45.0 Å². The van der Waals surface area contributed by atoms with Crippen LogP contribution in [0.5, 0.6) is 0 Å². The second-order valence-electron chi connectivity index (χ2n) is 18.7. The van der Waals surface area contributed by atoms with Crippen molar-refractivity contribution >= 4 is 52.0 Å². The molecule has 6 heterocycles. The summed E-state index contributed by atoms with van der Waals surface area (Å²) < 4.78 is 47.8. The fourth-order valence-corrected chi connectivity index (χ4v) is 7.67. The number of fused-ring (bicyclic) bond motifs is 2. The molecule has 0 aliphatic carbocycles. The molecule has 2 atom stereocenters. The van der Waals surface area contributed by atoms with E-state index in [4.69, 9.17) is 14.2 Å². The molecule has 2 aliphatic heterocycles. The van der Waals surface area contributed by atoms with E-state index < -0.39 is 47.1 Å². The number of aromatic amines is 2. The van der Waals surface area contributed by atoms with Crippen LogP contribution in [0.4, 0.5) is 30.3 Å². The molecular formula is C50H70F2N12O8. The molecule has 392 valence electrons. The van der Waals surface area contributed by atoms with Gasteiger partial charge in [0, 0.05) is 91.4 Å². The molecule has 8 rings (SSSR count). The van der Waals surface area contributed by atoms with Crippen LogP contribution in [-0.4, -0.2) is 100 Å². The van der Waals surface area contributed by atoms with Gasteiger partial charge in [-0.25, -0.2) is 48.3 Å². The monoisotopic (exact) mass is 1000 g/mol. The van der Waals surface area contributed by atoms with Crippen molar-refractivity contribution in [3.8, 4) is 22.3 Å². The van der Waals surface area contributed by atoms with Gasteiger partial charge in [0.2, 0.25) is 11.9 Å². The van der Waals surface area contributed by atoms with Crippen LogP contribution >= 0.6 is 0 Å². The summed E-state index contributed by atoms with van der Waals surface area (Å²) in [6.45, 7) is 18.9. The Hall–Kier alpha value is -6.75. The highest BCUT2D eigenvalue weighted by atomic mass is 19.1. The zero-order valence-electron chi connectivity index (χ0n) is 41.1.